The molecule has 0 spiro atoms. The minimum absolute atomic E-state index is 0.415. The fourth-order valence-electron chi connectivity index (χ4n) is 1.78. The molecule has 0 aliphatic heterocycles. The van der Waals surface area contributed by atoms with Crippen LogP contribution in [0, 0.1) is 6.92 Å². The first-order valence-corrected chi connectivity index (χ1v) is 6.23. The molecule has 1 aromatic carbocycles. The van der Waals surface area contributed by atoms with Crippen LogP contribution < -0.4 is 5.73 Å². The van der Waals surface area contributed by atoms with Crippen LogP contribution in [0.15, 0.2) is 39.2 Å². The largest absolute Gasteiger partial charge is 0.453 e. The second kappa shape index (κ2) is 4.10. The fourth-order valence-corrected chi connectivity index (χ4v) is 1.96. The van der Waals surface area contributed by atoms with E-state index in [2.05, 4.69) is 25.9 Å². The number of nitrogens with two attached hydrogens (primary N) is 1. The van der Waals surface area contributed by atoms with Crippen LogP contribution in [0.1, 0.15) is 5.69 Å². The summed E-state index contributed by atoms with van der Waals surface area (Å²) in [6, 6.07) is 9.70. The zero-order chi connectivity index (χ0) is 12.7. The van der Waals surface area contributed by atoms with Gasteiger partial charge in [-0.3, -0.25) is 0 Å². The third kappa shape index (κ3) is 1.76. The van der Waals surface area contributed by atoms with Gasteiger partial charge in [-0.05, 0) is 35.0 Å². The van der Waals surface area contributed by atoms with Gasteiger partial charge in [0.15, 0.2) is 11.6 Å². The maximum Gasteiger partial charge on any atom is 0.197 e. The van der Waals surface area contributed by atoms with E-state index in [0.29, 0.717) is 17.4 Å². The number of nitrogen functional groups attached to an aromatic ring is 1. The number of fused-ring (bicyclic) bond motifs is 1. The molecule has 0 unspecified atom stereocenters. The van der Waals surface area contributed by atoms with Crippen LogP contribution in [-0.2, 0) is 0 Å². The van der Waals surface area contributed by atoms with Gasteiger partial charge in [0.1, 0.15) is 11.4 Å². The summed E-state index contributed by atoms with van der Waals surface area (Å²) in [5.74, 6) is 1.54. The van der Waals surface area contributed by atoms with Crippen LogP contribution >= 0.6 is 15.9 Å². The van der Waals surface area contributed by atoms with E-state index in [1.807, 2.05) is 37.3 Å². The highest BCUT2D eigenvalue weighted by Crippen LogP contribution is 2.28. The van der Waals surface area contributed by atoms with Crippen molar-refractivity contribution in [3.05, 3.63) is 40.5 Å². The monoisotopic (exact) mass is 303 g/mol. The summed E-state index contributed by atoms with van der Waals surface area (Å²) in [6.07, 6.45) is 0. The zero-order valence-corrected chi connectivity index (χ0v) is 11.2. The van der Waals surface area contributed by atoms with Crippen molar-refractivity contribution in [1.82, 2.24) is 9.97 Å². The minimum Gasteiger partial charge on any atom is -0.453 e. The lowest BCUT2D eigenvalue weighted by Gasteiger charge is -2.03. The second-order valence-corrected chi connectivity index (χ2v) is 4.77. The van der Waals surface area contributed by atoms with Crippen LogP contribution in [0.5, 0.6) is 0 Å². The molecule has 90 valence electrons. The predicted molar refractivity (Wildman–Crippen MR) is 74.1 cm³/mol. The number of benzene rings is 1. The van der Waals surface area contributed by atoms with Crippen molar-refractivity contribution in [2.24, 2.45) is 0 Å². The number of hydrogen-bond acceptors (Lipinski definition) is 4. The van der Waals surface area contributed by atoms with Gasteiger partial charge in [0.25, 0.3) is 0 Å². The Morgan fingerprint density at radius 2 is 2.00 bits per heavy atom. The van der Waals surface area contributed by atoms with Gasteiger partial charge in [-0.25, -0.2) is 9.97 Å². The molecule has 4 nitrogen and oxygen atoms in total. The number of rotatable bonds is 1. The van der Waals surface area contributed by atoms with Crippen molar-refractivity contribution in [2.45, 2.75) is 6.92 Å². The molecule has 0 amide bonds. The van der Waals surface area contributed by atoms with Crippen LogP contribution in [0.25, 0.3) is 22.6 Å². The van der Waals surface area contributed by atoms with Gasteiger partial charge >= 0.3 is 0 Å². The highest BCUT2D eigenvalue weighted by atomic mass is 79.9. The molecular weight excluding hydrogens is 294 g/mol. The highest BCUT2D eigenvalue weighted by molar-refractivity contribution is 9.10. The molecular formula is C13H10BrN3O. The lowest BCUT2D eigenvalue weighted by atomic mass is 10.2. The molecule has 5 heteroatoms. The van der Waals surface area contributed by atoms with E-state index in [4.69, 9.17) is 10.2 Å². The van der Waals surface area contributed by atoms with Gasteiger partial charge < -0.3 is 10.2 Å². The van der Waals surface area contributed by atoms with Crippen molar-refractivity contribution in [3.8, 4) is 11.6 Å². The summed E-state index contributed by atoms with van der Waals surface area (Å²) < 4.78 is 6.43. The first-order chi connectivity index (χ1) is 8.65. The average Bonchev–Trinajstić information content (AvgIpc) is 2.79. The Hall–Kier alpha value is -1.88. The summed E-state index contributed by atoms with van der Waals surface area (Å²) in [5, 5.41) is 1.02. The summed E-state index contributed by atoms with van der Waals surface area (Å²) in [5.41, 5.74) is 7.42. The molecule has 0 aliphatic rings. The van der Waals surface area contributed by atoms with Crippen molar-refractivity contribution in [2.75, 3.05) is 5.73 Å². The Kier molecular flexibility index (Phi) is 2.56. The Morgan fingerprint density at radius 1 is 1.22 bits per heavy atom. The number of para-hydroxylation sites is 1. The number of aromatic nitrogens is 2. The molecule has 0 fully saturated rings. The van der Waals surface area contributed by atoms with Gasteiger partial charge in [-0.1, -0.05) is 18.2 Å². The first kappa shape index (κ1) is 11.2. The van der Waals surface area contributed by atoms with Gasteiger partial charge in [0.2, 0.25) is 0 Å². The van der Waals surface area contributed by atoms with E-state index in [-0.39, 0.29) is 0 Å². The number of furan rings is 1. The SMILES string of the molecule is Cc1nc(-c2cc3ccccc3o2)nc(N)c1Br. The normalized spacial score (nSPS) is 11.0. The van der Waals surface area contributed by atoms with E-state index < -0.39 is 0 Å². The topological polar surface area (TPSA) is 64.9 Å². The molecule has 2 heterocycles. The lowest BCUT2D eigenvalue weighted by Crippen LogP contribution is -1.99. The Labute approximate surface area is 112 Å². The molecule has 2 aromatic heterocycles. The van der Waals surface area contributed by atoms with Crippen LogP contribution in [0.4, 0.5) is 5.82 Å². The fraction of sp³-hybridized carbons (Fsp3) is 0.0769. The maximum atomic E-state index is 5.81. The quantitative estimate of drug-likeness (QED) is 0.746. The van der Waals surface area contributed by atoms with Gasteiger partial charge in [-0.2, -0.15) is 0 Å². The molecule has 2 N–H and O–H groups in total. The van der Waals surface area contributed by atoms with E-state index in [0.717, 1.165) is 21.1 Å². The summed E-state index contributed by atoms with van der Waals surface area (Å²) in [6.45, 7) is 1.87. The molecule has 0 atom stereocenters. The van der Waals surface area contributed by atoms with Crippen molar-refractivity contribution >= 4 is 32.7 Å². The molecule has 0 radical (unpaired) electrons. The van der Waals surface area contributed by atoms with Crippen LogP contribution in [0.2, 0.25) is 0 Å². The standard InChI is InChI=1S/C13H10BrN3O/c1-7-11(14)12(15)17-13(16-7)10-6-8-4-2-3-5-9(8)18-10/h2-6H,1H3,(H2,15,16,17). The zero-order valence-electron chi connectivity index (χ0n) is 9.64. The number of aryl methyl sites for hydroxylation is 1. The summed E-state index contributed by atoms with van der Waals surface area (Å²) in [7, 11) is 0. The first-order valence-electron chi connectivity index (χ1n) is 5.44. The van der Waals surface area contributed by atoms with E-state index in [9.17, 15) is 0 Å². The Morgan fingerprint density at radius 3 is 2.72 bits per heavy atom. The minimum atomic E-state index is 0.415. The molecule has 0 saturated heterocycles. The van der Waals surface area contributed by atoms with Gasteiger partial charge in [0, 0.05) is 5.39 Å². The lowest BCUT2D eigenvalue weighted by molar-refractivity contribution is 0.625. The van der Waals surface area contributed by atoms with Crippen molar-refractivity contribution in [1.29, 1.82) is 0 Å². The molecule has 0 aliphatic carbocycles. The smallest absolute Gasteiger partial charge is 0.197 e. The number of anilines is 1. The van der Waals surface area contributed by atoms with E-state index in [1.165, 1.54) is 0 Å². The Balaban J connectivity index is 2.20. The third-order valence-corrected chi connectivity index (χ3v) is 3.67. The van der Waals surface area contributed by atoms with Crippen LogP contribution in [0.3, 0.4) is 0 Å². The Bertz CT molecular complexity index is 680. The average molecular weight is 304 g/mol. The number of nitrogens with zero attached hydrogens (tertiary/aromatic N) is 2. The maximum absolute atomic E-state index is 5.81. The molecule has 3 rings (SSSR count). The number of hydrogen-bond donors (Lipinski definition) is 1. The van der Waals surface area contributed by atoms with Gasteiger partial charge in [-0.15, -0.1) is 0 Å². The third-order valence-electron chi connectivity index (χ3n) is 2.69. The van der Waals surface area contributed by atoms with Gasteiger partial charge in [0.05, 0.1) is 10.2 Å². The molecule has 3 aromatic rings. The summed E-state index contributed by atoms with van der Waals surface area (Å²) >= 11 is 3.34. The number of halogens is 1. The van der Waals surface area contributed by atoms with E-state index >= 15 is 0 Å². The molecule has 18 heavy (non-hydrogen) atoms. The predicted octanol–water partition coefficient (Wildman–Crippen LogP) is 3.54. The van der Waals surface area contributed by atoms with Crippen molar-refractivity contribution in [3.63, 3.8) is 0 Å². The second-order valence-electron chi connectivity index (χ2n) is 3.98. The highest BCUT2D eigenvalue weighted by Gasteiger charge is 2.12. The van der Waals surface area contributed by atoms with Crippen molar-refractivity contribution < 1.29 is 4.42 Å². The summed E-state index contributed by atoms with van der Waals surface area (Å²) in [4.78, 5) is 8.59. The van der Waals surface area contributed by atoms with Crippen LogP contribution in [-0.4, -0.2) is 9.97 Å². The molecule has 0 saturated carbocycles. The van der Waals surface area contributed by atoms with E-state index in [1.54, 1.807) is 0 Å². The molecule has 0 bridgehead atoms.